The average molecular weight is 486 g/mol. The SMILES string of the molecule is COc1nc(NC(C)c2ncc(-c3ncc[nH]3)c(-c3ccc(Cl)cc3Cl)n2)ccc1[N+](=O)[O-]. The zero-order valence-electron chi connectivity index (χ0n) is 17.4. The second kappa shape index (κ2) is 9.39. The van der Waals surface area contributed by atoms with Crippen LogP contribution in [0.25, 0.3) is 22.6 Å². The molecule has 3 aromatic heterocycles. The number of H-pyrrole nitrogens is 1. The van der Waals surface area contributed by atoms with Gasteiger partial charge in [-0.1, -0.05) is 23.2 Å². The molecule has 1 atom stereocenters. The zero-order valence-corrected chi connectivity index (χ0v) is 18.9. The molecule has 2 N–H and O–H groups in total. The van der Waals surface area contributed by atoms with E-state index in [1.807, 2.05) is 6.92 Å². The number of imidazole rings is 1. The van der Waals surface area contributed by atoms with Crippen LogP contribution in [0.1, 0.15) is 18.8 Å². The minimum atomic E-state index is -0.558. The Morgan fingerprint density at radius 1 is 1.15 bits per heavy atom. The molecule has 1 unspecified atom stereocenters. The van der Waals surface area contributed by atoms with Gasteiger partial charge in [0.1, 0.15) is 11.6 Å². The fraction of sp³-hybridized carbons (Fsp3) is 0.143. The van der Waals surface area contributed by atoms with E-state index in [1.54, 1.807) is 36.8 Å². The number of nitrogens with one attached hydrogen (secondary N) is 2. The number of nitrogens with zero attached hydrogens (tertiary/aromatic N) is 5. The number of rotatable bonds is 7. The molecule has 0 aliphatic heterocycles. The number of halogens is 2. The third-order valence-electron chi connectivity index (χ3n) is 4.73. The molecule has 4 aromatic rings. The van der Waals surface area contributed by atoms with E-state index < -0.39 is 11.0 Å². The van der Waals surface area contributed by atoms with Crippen molar-refractivity contribution in [3.05, 3.63) is 74.9 Å². The molecule has 0 spiro atoms. The Hall–Kier alpha value is -3.76. The van der Waals surface area contributed by atoms with E-state index in [4.69, 9.17) is 32.9 Å². The molecule has 0 aliphatic rings. The van der Waals surface area contributed by atoms with E-state index in [0.29, 0.717) is 44.3 Å². The molecule has 10 nitrogen and oxygen atoms in total. The molecule has 0 amide bonds. The smallest absolute Gasteiger partial charge is 0.331 e. The summed E-state index contributed by atoms with van der Waals surface area (Å²) in [4.78, 5) is 31.3. The summed E-state index contributed by atoms with van der Waals surface area (Å²) >= 11 is 12.5. The van der Waals surface area contributed by atoms with Crippen LogP contribution >= 0.6 is 23.2 Å². The fourth-order valence-corrected chi connectivity index (χ4v) is 3.66. The first kappa shape index (κ1) is 22.4. The van der Waals surface area contributed by atoms with Crippen LogP contribution in [0.2, 0.25) is 10.0 Å². The number of methoxy groups -OCH3 is 1. The van der Waals surface area contributed by atoms with Gasteiger partial charge in [0.25, 0.3) is 5.88 Å². The average Bonchev–Trinajstić information content (AvgIpc) is 3.33. The second-order valence-corrected chi connectivity index (χ2v) is 7.74. The van der Waals surface area contributed by atoms with Crippen molar-refractivity contribution >= 4 is 34.7 Å². The standard InChI is InChI=1S/C21H17Cl2N7O3/c1-11(27-17-6-5-16(30(31)32)21(28-17)33-2)19-26-10-14(20-24-7-8-25-20)18(29-19)13-4-3-12(22)9-15(13)23/h3-11H,1-2H3,(H,24,25)(H,27,28). The van der Waals surface area contributed by atoms with Gasteiger partial charge in [-0.15, -0.1) is 0 Å². The number of hydrogen-bond acceptors (Lipinski definition) is 8. The summed E-state index contributed by atoms with van der Waals surface area (Å²) in [7, 11) is 1.32. The monoisotopic (exact) mass is 485 g/mol. The highest BCUT2D eigenvalue weighted by Crippen LogP contribution is 2.35. The van der Waals surface area contributed by atoms with Gasteiger partial charge in [-0.3, -0.25) is 10.1 Å². The topological polar surface area (TPSA) is 132 Å². The lowest BCUT2D eigenvalue weighted by Crippen LogP contribution is -2.13. The summed E-state index contributed by atoms with van der Waals surface area (Å²) < 4.78 is 5.03. The predicted molar refractivity (Wildman–Crippen MR) is 125 cm³/mol. The summed E-state index contributed by atoms with van der Waals surface area (Å²) in [6.45, 7) is 1.84. The molecule has 0 saturated heterocycles. The number of pyridine rings is 1. The predicted octanol–water partition coefficient (Wildman–Crippen LogP) is 5.33. The first-order chi connectivity index (χ1) is 15.9. The minimum Gasteiger partial charge on any atom is -0.476 e. The molecule has 1 aromatic carbocycles. The van der Waals surface area contributed by atoms with E-state index in [9.17, 15) is 10.1 Å². The highest BCUT2D eigenvalue weighted by atomic mass is 35.5. The molecule has 0 fully saturated rings. The Bertz CT molecular complexity index is 1320. The molecule has 12 heteroatoms. The molecule has 168 valence electrons. The molecule has 4 rings (SSSR count). The van der Waals surface area contributed by atoms with Gasteiger partial charge in [-0.25, -0.2) is 15.0 Å². The van der Waals surface area contributed by atoms with Gasteiger partial charge in [0.2, 0.25) is 0 Å². The largest absolute Gasteiger partial charge is 0.476 e. The Morgan fingerprint density at radius 3 is 2.64 bits per heavy atom. The van der Waals surface area contributed by atoms with Gasteiger partial charge in [-0.2, -0.15) is 4.98 Å². The first-order valence-corrected chi connectivity index (χ1v) is 10.4. The second-order valence-electron chi connectivity index (χ2n) is 6.90. The summed E-state index contributed by atoms with van der Waals surface area (Å²) in [6.07, 6.45) is 4.99. The van der Waals surface area contributed by atoms with Crippen molar-refractivity contribution in [3.63, 3.8) is 0 Å². The minimum absolute atomic E-state index is 0.0973. The number of aromatic nitrogens is 5. The number of benzene rings is 1. The van der Waals surface area contributed by atoms with Gasteiger partial charge in [0.05, 0.1) is 34.4 Å². The van der Waals surface area contributed by atoms with Crippen LogP contribution in [0.5, 0.6) is 5.88 Å². The molecule has 3 heterocycles. The number of ether oxygens (including phenoxy) is 1. The summed E-state index contributed by atoms with van der Waals surface area (Å²) in [5.41, 5.74) is 1.67. The Kier molecular flexibility index (Phi) is 6.38. The van der Waals surface area contributed by atoms with Gasteiger partial charge >= 0.3 is 5.69 Å². The van der Waals surface area contributed by atoms with Crippen LogP contribution in [-0.4, -0.2) is 37.0 Å². The Balaban J connectivity index is 1.72. The van der Waals surface area contributed by atoms with Crippen molar-refractivity contribution in [3.8, 4) is 28.5 Å². The molecule has 0 radical (unpaired) electrons. The Morgan fingerprint density at radius 2 is 1.97 bits per heavy atom. The lowest BCUT2D eigenvalue weighted by molar-refractivity contribution is -0.386. The van der Waals surface area contributed by atoms with Crippen molar-refractivity contribution in [1.29, 1.82) is 0 Å². The summed E-state index contributed by atoms with van der Waals surface area (Å²) in [6, 6.07) is 7.56. The lowest BCUT2D eigenvalue weighted by atomic mass is 10.1. The van der Waals surface area contributed by atoms with Crippen molar-refractivity contribution < 1.29 is 9.66 Å². The molecule has 0 bridgehead atoms. The van der Waals surface area contributed by atoms with E-state index in [0.717, 1.165) is 0 Å². The molecule has 0 aliphatic carbocycles. The van der Waals surface area contributed by atoms with Crippen LogP contribution in [0.4, 0.5) is 11.5 Å². The maximum Gasteiger partial charge on any atom is 0.331 e. The Labute approximate surface area is 198 Å². The number of anilines is 1. The van der Waals surface area contributed by atoms with E-state index >= 15 is 0 Å². The van der Waals surface area contributed by atoms with Gasteiger partial charge in [0, 0.05) is 35.2 Å². The van der Waals surface area contributed by atoms with Crippen LogP contribution < -0.4 is 10.1 Å². The van der Waals surface area contributed by atoms with Crippen LogP contribution in [-0.2, 0) is 0 Å². The maximum atomic E-state index is 11.1. The first-order valence-electron chi connectivity index (χ1n) is 9.65. The van der Waals surface area contributed by atoms with Crippen molar-refractivity contribution in [2.24, 2.45) is 0 Å². The van der Waals surface area contributed by atoms with Gasteiger partial charge in [-0.05, 0) is 31.2 Å². The van der Waals surface area contributed by atoms with Crippen LogP contribution in [0.15, 0.2) is 48.9 Å². The zero-order chi connectivity index (χ0) is 23.5. The number of nitro groups is 1. The van der Waals surface area contributed by atoms with E-state index in [1.165, 1.54) is 19.2 Å². The molecular weight excluding hydrogens is 469 g/mol. The highest BCUT2D eigenvalue weighted by Gasteiger charge is 2.21. The summed E-state index contributed by atoms with van der Waals surface area (Å²) in [5, 5.41) is 15.2. The van der Waals surface area contributed by atoms with E-state index in [-0.39, 0.29) is 11.6 Å². The number of hydrogen-bond donors (Lipinski definition) is 2. The van der Waals surface area contributed by atoms with Gasteiger partial charge < -0.3 is 15.0 Å². The molecular formula is C21H17Cl2N7O3. The fourth-order valence-electron chi connectivity index (χ4n) is 3.17. The molecule has 0 saturated carbocycles. The van der Waals surface area contributed by atoms with Crippen LogP contribution in [0.3, 0.4) is 0 Å². The third-order valence-corrected chi connectivity index (χ3v) is 5.28. The number of aromatic amines is 1. The third kappa shape index (κ3) is 4.71. The maximum absolute atomic E-state index is 11.1. The highest BCUT2D eigenvalue weighted by molar-refractivity contribution is 6.36. The van der Waals surface area contributed by atoms with Crippen molar-refractivity contribution in [2.45, 2.75) is 13.0 Å². The van der Waals surface area contributed by atoms with Crippen LogP contribution in [0, 0.1) is 10.1 Å². The lowest BCUT2D eigenvalue weighted by Gasteiger charge is -2.16. The summed E-state index contributed by atoms with van der Waals surface area (Å²) in [5.74, 6) is 1.31. The normalized spacial score (nSPS) is 11.8. The van der Waals surface area contributed by atoms with Crippen molar-refractivity contribution in [1.82, 2.24) is 24.9 Å². The molecule has 33 heavy (non-hydrogen) atoms. The van der Waals surface area contributed by atoms with Gasteiger partial charge in [0.15, 0.2) is 5.82 Å². The van der Waals surface area contributed by atoms with Crippen molar-refractivity contribution in [2.75, 3.05) is 12.4 Å². The van der Waals surface area contributed by atoms with E-state index in [2.05, 4.69) is 25.3 Å². The quantitative estimate of drug-likeness (QED) is 0.265.